The second kappa shape index (κ2) is 16.0. The monoisotopic (exact) mass is 857 g/mol. The lowest BCUT2D eigenvalue weighted by molar-refractivity contribution is -0.158. The molecule has 2 bridgehead atoms. The average molecular weight is 858 g/mol. The van der Waals surface area contributed by atoms with Crippen molar-refractivity contribution in [3.63, 3.8) is 0 Å². The number of nitrogens with zero attached hydrogens (tertiary/aromatic N) is 3. The van der Waals surface area contributed by atoms with Gasteiger partial charge >= 0.3 is 5.97 Å². The number of hydrogen-bond acceptors (Lipinski definition) is 11. The third kappa shape index (κ3) is 8.27. The van der Waals surface area contributed by atoms with Gasteiger partial charge in [0.1, 0.15) is 35.2 Å². The van der Waals surface area contributed by atoms with Gasteiger partial charge in [-0.25, -0.2) is 27.2 Å². The van der Waals surface area contributed by atoms with Crippen LogP contribution in [0, 0.1) is 40.9 Å². The summed E-state index contributed by atoms with van der Waals surface area (Å²) in [4.78, 5) is 68.5. The third-order valence-electron chi connectivity index (χ3n) is 14.0. The van der Waals surface area contributed by atoms with Crippen LogP contribution < -0.4 is 19.5 Å². The number of carbonyl (C=O) groups excluding carboxylic acids is 4. The first-order valence-corrected chi connectivity index (χ1v) is 23.2. The molecular formula is C43H57F2N5O9S. The van der Waals surface area contributed by atoms with Gasteiger partial charge in [-0.3, -0.25) is 23.9 Å². The van der Waals surface area contributed by atoms with E-state index in [-0.39, 0.29) is 37.3 Å². The van der Waals surface area contributed by atoms with Crippen molar-refractivity contribution in [3.8, 4) is 11.6 Å². The van der Waals surface area contributed by atoms with E-state index in [1.54, 1.807) is 19.2 Å². The van der Waals surface area contributed by atoms with E-state index in [9.17, 15) is 31.6 Å². The number of benzene rings is 1. The highest BCUT2D eigenvalue weighted by Gasteiger charge is 2.67. The fourth-order valence-electron chi connectivity index (χ4n) is 10.2. The predicted octanol–water partition coefficient (Wildman–Crippen LogP) is 5.11. The van der Waals surface area contributed by atoms with Crippen LogP contribution in [0.4, 0.5) is 8.78 Å². The standard InChI is InChI=1S/C43H57F2N5O9S/c1-6-25-34-21-50(36(25)38(52)48-43(20-29(43)37(44)45)41(54)49-60(55,56)24-13-14-24)40(53)28(42(2,3)4)19-35(51)58-33-17-22-16-27(22)26(33)10-8-7-9-11-31-39(59-34)47-32-18-23(57-5)12-15-30(32)46-31/h12,15,18,22,24-29,33-34,36-37H,6-11,13-14,16-17,19-21H2,1-5H3,(H,48,52)(H,49,54)/t22?,25?,26?,27?,28?,29?,33?,34?,36?,43-/m1/s1. The minimum absolute atomic E-state index is 0.129. The van der Waals surface area contributed by atoms with Crippen molar-refractivity contribution in [2.24, 2.45) is 40.9 Å². The summed E-state index contributed by atoms with van der Waals surface area (Å²) in [5, 5.41) is 1.73. The molecule has 2 aliphatic heterocycles. The Hall–Kier alpha value is -4.15. The van der Waals surface area contributed by atoms with Crippen LogP contribution >= 0.6 is 0 Å². The topological polar surface area (TPSA) is 183 Å². The number of alkyl halides is 2. The molecule has 17 heteroatoms. The highest BCUT2D eigenvalue weighted by Crippen LogP contribution is 2.58. The van der Waals surface area contributed by atoms with E-state index in [0.29, 0.717) is 53.6 Å². The second-order valence-electron chi connectivity index (χ2n) is 19.1. The van der Waals surface area contributed by atoms with E-state index in [0.717, 1.165) is 38.5 Å². The van der Waals surface area contributed by atoms with Crippen molar-refractivity contribution in [1.82, 2.24) is 24.9 Å². The van der Waals surface area contributed by atoms with Crippen LogP contribution in [0.15, 0.2) is 18.2 Å². The third-order valence-corrected chi connectivity index (χ3v) is 15.9. The molecule has 14 nitrogen and oxygen atoms in total. The van der Waals surface area contributed by atoms with Crippen molar-refractivity contribution in [1.29, 1.82) is 0 Å². The Bertz CT molecular complexity index is 2150. The first-order valence-electron chi connectivity index (χ1n) is 21.6. The van der Waals surface area contributed by atoms with Crippen LogP contribution in [0.25, 0.3) is 11.0 Å². The zero-order valence-electron chi connectivity index (χ0n) is 35.0. The molecule has 3 amide bonds. The molecule has 4 aliphatic carbocycles. The molecule has 1 saturated heterocycles. The molecule has 2 N–H and O–H groups in total. The molecule has 9 unspecified atom stereocenters. The summed E-state index contributed by atoms with van der Waals surface area (Å²) in [6.07, 6.45) is 2.14. The quantitative estimate of drug-likeness (QED) is 0.337. The van der Waals surface area contributed by atoms with Crippen LogP contribution in [-0.4, -0.2) is 96.1 Å². The molecule has 8 rings (SSSR count). The number of carbonyl (C=O) groups is 4. The number of aromatic nitrogens is 2. The van der Waals surface area contributed by atoms with Crippen molar-refractivity contribution in [3.05, 3.63) is 23.9 Å². The fraction of sp³-hybridized carbons (Fsp3) is 0.721. The Kier molecular flexibility index (Phi) is 11.3. The molecule has 4 saturated carbocycles. The lowest BCUT2D eigenvalue weighted by Gasteiger charge is -2.36. The maximum Gasteiger partial charge on any atom is 0.306 e. The number of esters is 1. The minimum Gasteiger partial charge on any atom is -0.497 e. The highest BCUT2D eigenvalue weighted by molar-refractivity contribution is 7.91. The zero-order chi connectivity index (χ0) is 42.9. The van der Waals surface area contributed by atoms with Crippen LogP contribution in [0.3, 0.4) is 0 Å². The van der Waals surface area contributed by atoms with Gasteiger partial charge in [-0.05, 0) is 93.1 Å². The number of rotatable bonds is 8. The summed E-state index contributed by atoms with van der Waals surface area (Å²) in [6, 6.07) is 4.03. The Labute approximate surface area is 349 Å². The largest absolute Gasteiger partial charge is 0.497 e. The van der Waals surface area contributed by atoms with Gasteiger partial charge in [0, 0.05) is 12.0 Å². The molecule has 5 fully saturated rings. The lowest BCUT2D eigenvalue weighted by Crippen LogP contribution is -2.59. The minimum atomic E-state index is -4.14. The van der Waals surface area contributed by atoms with Crippen molar-refractivity contribution >= 4 is 44.7 Å². The summed E-state index contributed by atoms with van der Waals surface area (Å²) in [5.74, 6) is -4.37. The van der Waals surface area contributed by atoms with Crippen molar-refractivity contribution in [2.45, 2.75) is 140 Å². The van der Waals surface area contributed by atoms with Gasteiger partial charge in [0.25, 0.3) is 5.91 Å². The number of ether oxygens (including phenoxy) is 3. The van der Waals surface area contributed by atoms with Crippen LogP contribution in [-0.2, 0) is 40.4 Å². The van der Waals surface area contributed by atoms with E-state index in [4.69, 9.17) is 24.2 Å². The average Bonchev–Trinajstić information content (AvgIpc) is 4.12. The number of nitrogens with one attached hydrogen (secondary N) is 2. The predicted molar refractivity (Wildman–Crippen MR) is 214 cm³/mol. The molecule has 1 aromatic carbocycles. The number of halogens is 2. The van der Waals surface area contributed by atoms with Crippen LogP contribution in [0.5, 0.6) is 11.6 Å². The van der Waals surface area contributed by atoms with Crippen molar-refractivity contribution in [2.75, 3.05) is 13.7 Å². The van der Waals surface area contributed by atoms with Crippen LogP contribution in [0.2, 0.25) is 0 Å². The number of fused-ring (bicyclic) bond motifs is 7. The molecule has 1 aromatic heterocycles. The Morgan fingerprint density at radius 1 is 1.02 bits per heavy atom. The van der Waals surface area contributed by atoms with Gasteiger partial charge in [-0.2, -0.15) is 0 Å². The van der Waals surface area contributed by atoms with Crippen molar-refractivity contribution < 1.29 is 50.6 Å². The Morgan fingerprint density at radius 3 is 2.45 bits per heavy atom. The van der Waals surface area contributed by atoms with Gasteiger partial charge in [0.05, 0.1) is 48.2 Å². The Balaban J connectivity index is 1.17. The van der Waals surface area contributed by atoms with Gasteiger partial charge in [-0.15, -0.1) is 0 Å². The van der Waals surface area contributed by atoms with E-state index >= 15 is 4.79 Å². The maximum atomic E-state index is 15.1. The summed E-state index contributed by atoms with van der Waals surface area (Å²) < 4.78 is 74.7. The number of sulfonamides is 1. The maximum absolute atomic E-state index is 15.1. The molecule has 328 valence electrons. The smallest absolute Gasteiger partial charge is 0.306 e. The van der Waals surface area contributed by atoms with Crippen LogP contribution in [0.1, 0.15) is 104 Å². The summed E-state index contributed by atoms with van der Waals surface area (Å²) in [6.45, 7) is 7.19. The first-order chi connectivity index (χ1) is 28.4. The second-order valence-corrected chi connectivity index (χ2v) is 21.0. The molecule has 6 aliphatic rings. The molecule has 10 atom stereocenters. The molecule has 3 heterocycles. The molecule has 60 heavy (non-hydrogen) atoms. The van der Waals surface area contributed by atoms with Gasteiger partial charge in [-0.1, -0.05) is 40.5 Å². The summed E-state index contributed by atoms with van der Waals surface area (Å²) in [7, 11) is -2.59. The zero-order valence-corrected chi connectivity index (χ0v) is 35.8. The Morgan fingerprint density at radius 2 is 1.78 bits per heavy atom. The number of amides is 3. The highest BCUT2D eigenvalue weighted by atomic mass is 32.2. The van der Waals surface area contributed by atoms with Gasteiger partial charge in [0.2, 0.25) is 34.1 Å². The summed E-state index contributed by atoms with van der Waals surface area (Å²) >= 11 is 0. The molecule has 2 aromatic rings. The van der Waals surface area contributed by atoms with E-state index in [1.165, 1.54) is 4.90 Å². The normalized spacial score (nSPS) is 33.4. The number of aryl methyl sites for hydroxylation is 1. The van der Waals surface area contributed by atoms with E-state index < -0.39 is 92.7 Å². The SMILES string of the molecule is CCC1C2CN(C(=O)C(C(C)(C)C)CC(=O)OC3CC4CC4C3CCCCCc3nc4ccc(OC)cc4nc3O2)C1C(=O)N[C@]1(C(=O)NS(=O)(=O)C2CC2)CC1C(F)F. The summed E-state index contributed by atoms with van der Waals surface area (Å²) in [5.41, 5.74) is -1.24. The molecule has 0 radical (unpaired) electrons. The van der Waals surface area contributed by atoms with Gasteiger partial charge < -0.3 is 24.4 Å². The first kappa shape index (κ1) is 42.5. The van der Waals surface area contributed by atoms with E-state index in [1.807, 2.05) is 38.5 Å². The molecular weight excluding hydrogens is 801 g/mol. The lowest BCUT2D eigenvalue weighted by atomic mass is 9.77. The fourth-order valence-corrected chi connectivity index (χ4v) is 11.6. The van der Waals surface area contributed by atoms with E-state index in [2.05, 4.69) is 5.32 Å². The number of methoxy groups -OCH3 is 1. The molecule has 0 spiro atoms. The van der Waals surface area contributed by atoms with Gasteiger partial charge in [0.15, 0.2) is 0 Å². The number of hydrogen-bond donors (Lipinski definition) is 2.